The molecule has 0 atom stereocenters. The molecule has 0 amide bonds. The monoisotopic (exact) mass is 793 g/mol. The van der Waals surface area contributed by atoms with Crippen molar-refractivity contribution >= 4 is 7.26 Å². The Morgan fingerprint density at radius 3 is 0.455 bits per heavy atom. The molecule has 0 aliphatic rings. The summed E-state index contributed by atoms with van der Waals surface area (Å²) in [6.45, 7) is 12.3. The van der Waals surface area contributed by atoms with Crippen molar-refractivity contribution in [2.24, 2.45) is 0 Å². The molecule has 55 heavy (non-hydrogen) atoms. The van der Waals surface area contributed by atoms with Gasteiger partial charge in [0.15, 0.2) is 0 Å². The van der Waals surface area contributed by atoms with Crippen LogP contribution >= 0.6 is 7.26 Å². The first-order valence-corrected chi connectivity index (χ1v) is 29.8. The molecule has 0 heterocycles. The van der Waals surface area contributed by atoms with Crippen molar-refractivity contribution < 1.29 is 0 Å². The third kappa shape index (κ3) is 41.0. The molecular weight excluding hydrogens is 680 g/mol. The van der Waals surface area contributed by atoms with Crippen LogP contribution in [0.5, 0.6) is 0 Å². The van der Waals surface area contributed by atoms with E-state index < -0.39 is 7.26 Å². The molecule has 0 N–H and O–H groups in total. The summed E-state index contributed by atoms with van der Waals surface area (Å²) in [5, 5.41) is 0. The van der Waals surface area contributed by atoms with Gasteiger partial charge in [0.05, 0.1) is 0 Å². The summed E-state index contributed by atoms with van der Waals surface area (Å²) in [6, 6.07) is 0. The fraction of sp³-hybridized carbons (Fsp3) is 1.00. The van der Waals surface area contributed by atoms with E-state index in [0.29, 0.717) is 0 Å². The summed E-state index contributed by atoms with van der Waals surface area (Å²) >= 11 is 0. The fourth-order valence-corrected chi connectivity index (χ4v) is 15.1. The first-order chi connectivity index (χ1) is 27.1. The van der Waals surface area contributed by atoms with Gasteiger partial charge in [-0.25, -0.2) is 0 Å². The molecule has 0 nitrogen and oxygen atoms in total. The molecule has 0 radical (unpaired) electrons. The number of unbranched alkanes of at least 4 members (excludes halogenated alkanes) is 42. The van der Waals surface area contributed by atoms with Gasteiger partial charge in [0.1, 0.15) is 0 Å². The van der Waals surface area contributed by atoms with E-state index in [-0.39, 0.29) is 0 Å². The Bertz CT molecular complexity index is 585. The maximum absolute atomic E-state index is 2.66. The second kappa shape index (κ2) is 47.1. The standard InChI is InChI=1S/C54H113P/c1-6-9-12-15-18-21-24-27-30-33-36-39-42-45-48-51-55(54(4)5,52-49-46-43-40-37-34-31-28-25-22-19-16-13-10-7-2)53-50-47-44-41-38-35-32-29-26-23-20-17-14-11-8-3/h54-55H,6-53H2,1-5H3. The van der Waals surface area contributed by atoms with Gasteiger partial charge in [-0.15, -0.1) is 0 Å². The number of hydrogen-bond donors (Lipinski definition) is 0. The third-order valence-electron chi connectivity index (χ3n) is 14.1. The van der Waals surface area contributed by atoms with E-state index in [2.05, 4.69) is 34.6 Å². The van der Waals surface area contributed by atoms with Crippen LogP contribution in [0, 0.1) is 0 Å². The molecule has 334 valence electrons. The van der Waals surface area contributed by atoms with Crippen LogP contribution in [0.15, 0.2) is 0 Å². The summed E-state index contributed by atoms with van der Waals surface area (Å²) in [4.78, 5) is 0. The van der Waals surface area contributed by atoms with Crippen LogP contribution in [0.4, 0.5) is 0 Å². The van der Waals surface area contributed by atoms with Gasteiger partial charge >= 0.3 is 257 Å². The molecule has 0 aliphatic carbocycles. The van der Waals surface area contributed by atoms with E-state index in [1.165, 1.54) is 270 Å². The average molecular weight is 793 g/mol. The molecule has 1 heteroatoms. The second-order valence-electron chi connectivity index (χ2n) is 19.6. The van der Waals surface area contributed by atoms with Crippen molar-refractivity contribution in [1.29, 1.82) is 0 Å². The Hall–Kier alpha value is 0.430. The van der Waals surface area contributed by atoms with Crippen LogP contribution < -0.4 is 0 Å². The Labute approximate surface area is 353 Å². The molecule has 0 fully saturated rings. The van der Waals surface area contributed by atoms with Crippen molar-refractivity contribution in [3.05, 3.63) is 0 Å². The van der Waals surface area contributed by atoms with E-state index in [0.717, 1.165) is 5.66 Å². The SMILES string of the molecule is CCCCCCCCCCCCCCCCC[PH](CCCCCCCCCCCCCCCCC)(CCCCCCCCCCCCCCCCC)C(C)C. The molecule has 0 rings (SSSR count). The van der Waals surface area contributed by atoms with Gasteiger partial charge in [0.2, 0.25) is 0 Å². The summed E-state index contributed by atoms with van der Waals surface area (Å²) in [5.41, 5.74) is 0.984. The quantitative estimate of drug-likeness (QED) is 0.0425. The second-order valence-corrected chi connectivity index (χ2v) is 25.0. The van der Waals surface area contributed by atoms with Gasteiger partial charge in [-0.1, -0.05) is 97.8 Å². The summed E-state index contributed by atoms with van der Waals surface area (Å²) in [5.74, 6) is 0. The van der Waals surface area contributed by atoms with Crippen LogP contribution in [0.3, 0.4) is 0 Å². The van der Waals surface area contributed by atoms with Crippen molar-refractivity contribution in [1.82, 2.24) is 0 Å². The van der Waals surface area contributed by atoms with Crippen molar-refractivity contribution in [3.63, 3.8) is 0 Å². The topological polar surface area (TPSA) is 0 Å². The molecular formula is C54H113P. The minimum absolute atomic E-state index is 0.984. The molecule has 0 saturated heterocycles. The Balaban J connectivity index is 4.33. The third-order valence-corrected chi connectivity index (χ3v) is 20.6. The zero-order valence-corrected chi connectivity index (χ0v) is 41.0. The number of hydrogen-bond acceptors (Lipinski definition) is 0. The Morgan fingerprint density at radius 2 is 0.327 bits per heavy atom. The van der Waals surface area contributed by atoms with Crippen LogP contribution in [0.1, 0.15) is 324 Å². The predicted molar refractivity (Wildman–Crippen MR) is 263 cm³/mol. The van der Waals surface area contributed by atoms with Gasteiger partial charge in [-0.05, 0) is 0 Å². The normalized spacial score (nSPS) is 12.4. The van der Waals surface area contributed by atoms with E-state index in [1.807, 2.05) is 0 Å². The van der Waals surface area contributed by atoms with Crippen molar-refractivity contribution in [3.8, 4) is 0 Å². The van der Waals surface area contributed by atoms with Gasteiger partial charge in [0, 0.05) is 0 Å². The summed E-state index contributed by atoms with van der Waals surface area (Å²) in [6.07, 6.45) is 71.9. The van der Waals surface area contributed by atoms with Crippen LogP contribution in [0.2, 0.25) is 0 Å². The first-order valence-electron chi connectivity index (χ1n) is 27.1. The molecule has 0 bridgehead atoms. The molecule has 0 aromatic carbocycles. The summed E-state index contributed by atoms with van der Waals surface area (Å²) < 4.78 is 0. The maximum atomic E-state index is 2.66. The number of rotatable bonds is 49. The minimum atomic E-state index is -1.19. The molecule has 0 aromatic rings. The van der Waals surface area contributed by atoms with Gasteiger partial charge in [-0.2, -0.15) is 0 Å². The van der Waals surface area contributed by atoms with E-state index >= 15 is 0 Å². The van der Waals surface area contributed by atoms with Gasteiger partial charge in [-0.3, -0.25) is 0 Å². The van der Waals surface area contributed by atoms with E-state index in [4.69, 9.17) is 0 Å². The van der Waals surface area contributed by atoms with Gasteiger partial charge < -0.3 is 0 Å². The predicted octanol–water partition coefficient (Wildman–Crippen LogP) is 20.8. The molecule has 0 aromatic heterocycles. The molecule has 0 unspecified atom stereocenters. The average Bonchev–Trinajstić information content (AvgIpc) is 3.18. The van der Waals surface area contributed by atoms with Crippen LogP contribution in [-0.2, 0) is 0 Å². The van der Waals surface area contributed by atoms with Crippen LogP contribution in [-0.4, -0.2) is 24.1 Å². The molecule has 0 spiro atoms. The Morgan fingerprint density at radius 1 is 0.200 bits per heavy atom. The van der Waals surface area contributed by atoms with E-state index in [1.54, 1.807) is 37.7 Å². The van der Waals surface area contributed by atoms with Crippen LogP contribution in [0.25, 0.3) is 0 Å². The Kier molecular flexibility index (Phi) is 47.5. The van der Waals surface area contributed by atoms with Crippen molar-refractivity contribution in [2.45, 2.75) is 329 Å². The fourth-order valence-electron chi connectivity index (χ4n) is 9.79. The first kappa shape index (κ1) is 55.4. The van der Waals surface area contributed by atoms with Crippen molar-refractivity contribution in [2.75, 3.05) is 18.5 Å². The summed E-state index contributed by atoms with van der Waals surface area (Å²) in [7, 11) is -1.19. The molecule has 0 aliphatic heterocycles. The van der Waals surface area contributed by atoms with E-state index in [9.17, 15) is 0 Å². The zero-order valence-electron chi connectivity index (χ0n) is 40.0. The molecule has 0 saturated carbocycles. The zero-order chi connectivity index (χ0) is 40.0. The van der Waals surface area contributed by atoms with Gasteiger partial charge in [0.25, 0.3) is 0 Å².